The average Bonchev–Trinajstić information content (AvgIpc) is 3.36. The molecule has 4 aromatic rings. The maximum Gasteiger partial charge on any atom is 0.0452 e. The van der Waals surface area contributed by atoms with Gasteiger partial charge in [0.05, 0.1) is 0 Å². The summed E-state index contributed by atoms with van der Waals surface area (Å²) >= 11 is 0. The van der Waals surface area contributed by atoms with Gasteiger partial charge in [0.15, 0.2) is 0 Å². The molecule has 0 atom stereocenters. The topological polar surface area (TPSA) is 6.48 Å². The minimum Gasteiger partial charge on any atom is -0.362 e. The first-order valence-electron chi connectivity index (χ1n) is 10.0. The molecule has 0 saturated heterocycles. The molecule has 0 bridgehead atoms. The van der Waals surface area contributed by atoms with Crippen LogP contribution in [0.15, 0.2) is 84.9 Å². The molecule has 2 aliphatic heterocycles. The highest BCUT2D eigenvalue weighted by Gasteiger charge is 2.23. The third-order valence-electron chi connectivity index (χ3n) is 6.24. The highest BCUT2D eigenvalue weighted by molar-refractivity contribution is 6.02. The van der Waals surface area contributed by atoms with E-state index in [9.17, 15) is 0 Å². The first kappa shape index (κ1) is 15.8. The zero-order valence-electron chi connectivity index (χ0n) is 15.8. The van der Waals surface area contributed by atoms with E-state index in [1.54, 1.807) is 0 Å². The fraction of sp³-hybridized carbons (Fsp3) is 0.154. The fourth-order valence-corrected chi connectivity index (χ4v) is 4.84. The van der Waals surface area contributed by atoms with Crippen LogP contribution < -0.4 is 9.80 Å². The van der Waals surface area contributed by atoms with E-state index in [4.69, 9.17) is 0 Å². The van der Waals surface area contributed by atoms with Crippen molar-refractivity contribution in [2.24, 2.45) is 0 Å². The second-order valence-corrected chi connectivity index (χ2v) is 7.90. The van der Waals surface area contributed by atoms with E-state index in [2.05, 4.69) is 94.7 Å². The van der Waals surface area contributed by atoms with E-state index in [1.165, 1.54) is 44.4 Å². The smallest absolute Gasteiger partial charge is 0.0452 e. The standard InChI is InChI=1S/C26H22N2/c1-2-8-20-16-27(15-19(20)7-1)25-13-5-12-24-23(25)11-6-14-26(24)28-17-21-9-3-4-10-22(21)18-28/h1-14H,15-18H2. The summed E-state index contributed by atoms with van der Waals surface area (Å²) in [4.78, 5) is 5.02. The molecule has 0 unspecified atom stereocenters. The largest absolute Gasteiger partial charge is 0.362 e. The molecule has 2 heterocycles. The van der Waals surface area contributed by atoms with Crippen LogP contribution in [0.5, 0.6) is 0 Å². The molecule has 0 amide bonds. The van der Waals surface area contributed by atoms with Crippen molar-refractivity contribution in [1.82, 2.24) is 0 Å². The summed E-state index contributed by atoms with van der Waals surface area (Å²) in [7, 11) is 0. The van der Waals surface area contributed by atoms with Crippen LogP contribution in [0.2, 0.25) is 0 Å². The van der Waals surface area contributed by atoms with Gasteiger partial charge in [-0.2, -0.15) is 0 Å². The predicted molar refractivity (Wildman–Crippen MR) is 117 cm³/mol. The van der Waals surface area contributed by atoms with Crippen LogP contribution in [-0.4, -0.2) is 0 Å². The highest BCUT2D eigenvalue weighted by atomic mass is 15.2. The molecule has 0 aliphatic carbocycles. The molecular weight excluding hydrogens is 340 g/mol. The number of benzene rings is 4. The molecule has 136 valence electrons. The second-order valence-electron chi connectivity index (χ2n) is 7.90. The minimum atomic E-state index is 0.995. The van der Waals surface area contributed by atoms with Crippen molar-refractivity contribution in [2.45, 2.75) is 26.2 Å². The molecule has 4 aromatic carbocycles. The van der Waals surface area contributed by atoms with Gasteiger partial charge in [-0.3, -0.25) is 0 Å². The third kappa shape index (κ3) is 2.41. The lowest BCUT2D eigenvalue weighted by atomic mass is 10.1. The Morgan fingerprint density at radius 3 is 1.11 bits per heavy atom. The lowest BCUT2D eigenvalue weighted by molar-refractivity contribution is 0.881. The van der Waals surface area contributed by atoms with Crippen molar-refractivity contribution in [3.63, 3.8) is 0 Å². The van der Waals surface area contributed by atoms with E-state index >= 15 is 0 Å². The van der Waals surface area contributed by atoms with Gasteiger partial charge in [-0.05, 0) is 34.4 Å². The Hall–Kier alpha value is -3.26. The van der Waals surface area contributed by atoms with E-state index in [1.807, 2.05) is 0 Å². The lowest BCUT2D eigenvalue weighted by Gasteiger charge is -2.24. The Morgan fingerprint density at radius 1 is 0.393 bits per heavy atom. The summed E-state index contributed by atoms with van der Waals surface area (Å²) in [5, 5.41) is 2.70. The van der Waals surface area contributed by atoms with Crippen molar-refractivity contribution < 1.29 is 0 Å². The van der Waals surface area contributed by atoms with Crippen molar-refractivity contribution in [3.8, 4) is 0 Å². The Kier molecular flexibility index (Phi) is 3.45. The zero-order valence-corrected chi connectivity index (χ0v) is 15.8. The van der Waals surface area contributed by atoms with Crippen LogP contribution in [0.25, 0.3) is 10.8 Å². The molecular formula is C26H22N2. The Morgan fingerprint density at radius 2 is 0.750 bits per heavy atom. The first-order chi connectivity index (χ1) is 13.9. The summed E-state index contributed by atoms with van der Waals surface area (Å²) < 4.78 is 0. The van der Waals surface area contributed by atoms with Gasteiger partial charge in [-0.15, -0.1) is 0 Å². The number of hydrogen-bond acceptors (Lipinski definition) is 2. The van der Waals surface area contributed by atoms with Crippen LogP contribution >= 0.6 is 0 Å². The van der Waals surface area contributed by atoms with Crippen LogP contribution in [-0.2, 0) is 26.2 Å². The number of fused-ring (bicyclic) bond motifs is 3. The maximum absolute atomic E-state index is 2.51. The van der Waals surface area contributed by atoms with Gasteiger partial charge in [0.25, 0.3) is 0 Å². The van der Waals surface area contributed by atoms with E-state index in [0.29, 0.717) is 0 Å². The molecule has 2 aliphatic rings. The van der Waals surface area contributed by atoms with Crippen LogP contribution in [0, 0.1) is 0 Å². The van der Waals surface area contributed by atoms with Crippen molar-refractivity contribution in [2.75, 3.05) is 9.80 Å². The van der Waals surface area contributed by atoms with Crippen molar-refractivity contribution >= 4 is 22.1 Å². The Balaban J connectivity index is 1.41. The molecule has 0 N–H and O–H groups in total. The zero-order chi connectivity index (χ0) is 18.5. The number of rotatable bonds is 2. The fourth-order valence-electron chi connectivity index (χ4n) is 4.84. The summed E-state index contributed by atoms with van der Waals surface area (Å²) in [5.74, 6) is 0. The third-order valence-corrected chi connectivity index (χ3v) is 6.24. The van der Waals surface area contributed by atoms with Gasteiger partial charge in [0.2, 0.25) is 0 Å². The van der Waals surface area contributed by atoms with Gasteiger partial charge in [0.1, 0.15) is 0 Å². The predicted octanol–water partition coefficient (Wildman–Crippen LogP) is 5.88. The van der Waals surface area contributed by atoms with Gasteiger partial charge in [-0.25, -0.2) is 0 Å². The molecule has 0 spiro atoms. The normalized spacial score (nSPS) is 15.1. The molecule has 0 saturated carbocycles. The van der Waals surface area contributed by atoms with Crippen molar-refractivity contribution in [1.29, 1.82) is 0 Å². The lowest BCUT2D eigenvalue weighted by Crippen LogP contribution is -2.16. The van der Waals surface area contributed by atoms with E-state index in [0.717, 1.165) is 26.2 Å². The first-order valence-corrected chi connectivity index (χ1v) is 10.0. The summed E-state index contributed by atoms with van der Waals surface area (Å²) in [6, 6.07) is 31.2. The molecule has 0 fully saturated rings. The van der Waals surface area contributed by atoms with Gasteiger partial charge < -0.3 is 9.80 Å². The van der Waals surface area contributed by atoms with Gasteiger partial charge in [-0.1, -0.05) is 72.8 Å². The van der Waals surface area contributed by atoms with Gasteiger partial charge >= 0.3 is 0 Å². The Labute approximate surface area is 165 Å². The molecule has 28 heavy (non-hydrogen) atoms. The Bertz CT molecular complexity index is 1050. The highest BCUT2D eigenvalue weighted by Crippen LogP contribution is 2.39. The SMILES string of the molecule is c1ccc2c(c1)CN(c1cccc3c(N4Cc5ccccc5C4)cccc13)C2. The van der Waals surface area contributed by atoms with Crippen molar-refractivity contribution in [3.05, 3.63) is 107 Å². The summed E-state index contributed by atoms with van der Waals surface area (Å²) in [5.41, 5.74) is 8.48. The number of hydrogen-bond donors (Lipinski definition) is 0. The number of nitrogens with zero attached hydrogens (tertiary/aromatic N) is 2. The van der Waals surface area contributed by atoms with Crippen LogP contribution in [0.4, 0.5) is 11.4 Å². The van der Waals surface area contributed by atoms with Crippen LogP contribution in [0.1, 0.15) is 22.3 Å². The minimum absolute atomic E-state index is 0.995. The quantitative estimate of drug-likeness (QED) is 0.439. The molecule has 0 radical (unpaired) electrons. The molecule has 6 rings (SSSR count). The number of anilines is 2. The van der Waals surface area contributed by atoms with E-state index < -0.39 is 0 Å². The summed E-state index contributed by atoms with van der Waals surface area (Å²) in [6.45, 7) is 3.98. The average molecular weight is 362 g/mol. The van der Waals surface area contributed by atoms with Crippen LogP contribution in [0.3, 0.4) is 0 Å². The molecule has 2 nitrogen and oxygen atoms in total. The van der Waals surface area contributed by atoms with Gasteiger partial charge in [0, 0.05) is 48.3 Å². The van der Waals surface area contributed by atoms with E-state index in [-0.39, 0.29) is 0 Å². The second kappa shape index (κ2) is 6.13. The maximum atomic E-state index is 2.51. The monoisotopic (exact) mass is 362 g/mol. The molecule has 0 aromatic heterocycles. The summed E-state index contributed by atoms with van der Waals surface area (Å²) in [6.07, 6.45) is 0. The molecule has 2 heteroatoms.